The highest BCUT2D eigenvalue weighted by Gasteiger charge is 2.18. The normalized spacial score (nSPS) is 12.5. The van der Waals surface area contributed by atoms with E-state index in [9.17, 15) is 17.6 Å². The molecule has 0 aliphatic rings. The fourth-order valence-electron chi connectivity index (χ4n) is 1.86. The summed E-state index contributed by atoms with van der Waals surface area (Å²) in [4.78, 5) is 0. The average molecular weight is 285 g/mol. The molecule has 0 bridgehead atoms. The second-order valence-corrected chi connectivity index (χ2v) is 4.06. The Kier molecular flexibility index (Phi) is 4.24. The van der Waals surface area contributed by atoms with Gasteiger partial charge in [-0.05, 0) is 29.8 Å². The minimum atomic E-state index is -2.98. The number of hydrogen-bond donors (Lipinski definition) is 1. The Morgan fingerprint density at radius 3 is 2.15 bits per heavy atom. The third-order valence-electron chi connectivity index (χ3n) is 2.75. The standard InChI is InChI=1S/C14H11F4NO/c15-10-5-2-6-11(16)12(10)13(19)8-3-1-4-9(7-8)20-14(17)18/h1-7,13-14H,19H2. The quantitative estimate of drug-likeness (QED) is 0.871. The van der Waals surface area contributed by atoms with Crippen molar-refractivity contribution in [1.29, 1.82) is 0 Å². The van der Waals surface area contributed by atoms with Gasteiger partial charge in [-0.2, -0.15) is 8.78 Å². The van der Waals surface area contributed by atoms with Crippen LogP contribution in [0.2, 0.25) is 0 Å². The molecule has 1 unspecified atom stereocenters. The highest BCUT2D eigenvalue weighted by Crippen LogP contribution is 2.27. The van der Waals surface area contributed by atoms with E-state index >= 15 is 0 Å². The van der Waals surface area contributed by atoms with Crippen LogP contribution in [0.15, 0.2) is 42.5 Å². The van der Waals surface area contributed by atoms with Gasteiger partial charge in [-0.3, -0.25) is 0 Å². The van der Waals surface area contributed by atoms with Gasteiger partial charge in [0.05, 0.1) is 6.04 Å². The lowest BCUT2D eigenvalue weighted by Gasteiger charge is -2.15. The van der Waals surface area contributed by atoms with E-state index in [1.807, 2.05) is 0 Å². The van der Waals surface area contributed by atoms with Crippen LogP contribution in [-0.4, -0.2) is 6.61 Å². The van der Waals surface area contributed by atoms with Crippen molar-refractivity contribution in [3.63, 3.8) is 0 Å². The summed E-state index contributed by atoms with van der Waals surface area (Å²) in [5, 5.41) is 0. The van der Waals surface area contributed by atoms with Crippen molar-refractivity contribution in [3.8, 4) is 5.75 Å². The van der Waals surface area contributed by atoms with Crippen molar-refractivity contribution in [2.45, 2.75) is 12.7 Å². The smallest absolute Gasteiger partial charge is 0.387 e. The Bertz CT molecular complexity index is 583. The zero-order chi connectivity index (χ0) is 14.7. The summed E-state index contributed by atoms with van der Waals surface area (Å²) in [7, 11) is 0. The van der Waals surface area contributed by atoms with Gasteiger partial charge in [-0.25, -0.2) is 8.78 Å². The molecule has 2 aromatic rings. The lowest BCUT2D eigenvalue weighted by molar-refractivity contribution is -0.0498. The fraction of sp³-hybridized carbons (Fsp3) is 0.143. The van der Waals surface area contributed by atoms with Crippen LogP contribution in [0, 0.1) is 11.6 Å². The Morgan fingerprint density at radius 1 is 0.950 bits per heavy atom. The molecule has 2 nitrogen and oxygen atoms in total. The summed E-state index contributed by atoms with van der Waals surface area (Å²) in [6.45, 7) is -2.98. The van der Waals surface area contributed by atoms with Gasteiger partial charge in [0.25, 0.3) is 0 Å². The van der Waals surface area contributed by atoms with Gasteiger partial charge < -0.3 is 10.5 Å². The summed E-state index contributed by atoms with van der Waals surface area (Å²) in [5.74, 6) is -1.71. The van der Waals surface area contributed by atoms with Crippen LogP contribution in [0.4, 0.5) is 17.6 Å². The van der Waals surface area contributed by atoms with Crippen LogP contribution < -0.4 is 10.5 Å². The molecule has 0 amide bonds. The SMILES string of the molecule is NC(c1cccc(OC(F)F)c1)c1c(F)cccc1F. The summed E-state index contributed by atoms with van der Waals surface area (Å²) < 4.78 is 55.7. The van der Waals surface area contributed by atoms with E-state index in [1.165, 1.54) is 30.3 Å². The molecule has 0 heterocycles. The van der Waals surface area contributed by atoms with Crippen LogP contribution in [0.25, 0.3) is 0 Å². The van der Waals surface area contributed by atoms with Gasteiger partial charge in [0, 0.05) is 5.56 Å². The van der Waals surface area contributed by atoms with E-state index in [1.54, 1.807) is 0 Å². The first-order valence-corrected chi connectivity index (χ1v) is 5.73. The number of ether oxygens (including phenoxy) is 1. The summed E-state index contributed by atoms with van der Waals surface area (Å²) in [5.41, 5.74) is 5.75. The van der Waals surface area contributed by atoms with Gasteiger partial charge in [-0.1, -0.05) is 18.2 Å². The average Bonchev–Trinajstić information content (AvgIpc) is 2.38. The molecule has 1 atom stereocenters. The molecule has 0 spiro atoms. The molecular formula is C14H11F4NO. The van der Waals surface area contributed by atoms with Crippen molar-refractivity contribution >= 4 is 0 Å². The largest absolute Gasteiger partial charge is 0.435 e. The molecule has 20 heavy (non-hydrogen) atoms. The van der Waals surface area contributed by atoms with Crippen LogP contribution in [0.5, 0.6) is 5.75 Å². The first-order chi connectivity index (χ1) is 9.49. The summed E-state index contributed by atoms with van der Waals surface area (Å²) >= 11 is 0. The van der Waals surface area contributed by atoms with E-state index in [4.69, 9.17) is 5.73 Å². The van der Waals surface area contributed by atoms with Gasteiger partial charge in [0.15, 0.2) is 0 Å². The molecule has 6 heteroatoms. The topological polar surface area (TPSA) is 35.2 Å². The van der Waals surface area contributed by atoms with E-state index in [0.29, 0.717) is 0 Å². The van der Waals surface area contributed by atoms with Crippen molar-refractivity contribution in [1.82, 2.24) is 0 Å². The van der Waals surface area contributed by atoms with Crippen LogP contribution in [0.3, 0.4) is 0 Å². The maximum atomic E-state index is 13.6. The number of benzene rings is 2. The van der Waals surface area contributed by atoms with E-state index < -0.39 is 24.3 Å². The van der Waals surface area contributed by atoms with Crippen LogP contribution in [0.1, 0.15) is 17.2 Å². The minimum Gasteiger partial charge on any atom is -0.435 e. The zero-order valence-electron chi connectivity index (χ0n) is 10.2. The Labute approximate surface area is 112 Å². The molecule has 0 saturated heterocycles. The van der Waals surface area contributed by atoms with E-state index in [0.717, 1.165) is 12.1 Å². The minimum absolute atomic E-state index is 0.121. The third kappa shape index (κ3) is 3.08. The Balaban J connectivity index is 2.36. The van der Waals surface area contributed by atoms with Gasteiger partial charge in [-0.15, -0.1) is 0 Å². The van der Waals surface area contributed by atoms with Gasteiger partial charge >= 0.3 is 6.61 Å². The van der Waals surface area contributed by atoms with Crippen molar-refractivity contribution < 1.29 is 22.3 Å². The lowest BCUT2D eigenvalue weighted by Crippen LogP contribution is -2.16. The molecular weight excluding hydrogens is 274 g/mol. The Hall–Kier alpha value is -2.08. The van der Waals surface area contributed by atoms with Crippen LogP contribution >= 0.6 is 0 Å². The Morgan fingerprint density at radius 2 is 1.55 bits per heavy atom. The molecule has 2 aromatic carbocycles. The highest BCUT2D eigenvalue weighted by atomic mass is 19.3. The number of alkyl halides is 2. The molecule has 0 aromatic heterocycles. The molecule has 0 saturated carbocycles. The maximum absolute atomic E-state index is 13.6. The molecule has 2 N–H and O–H groups in total. The van der Waals surface area contributed by atoms with Crippen molar-refractivity contribution in [3.05, 3.63) is 65.2 Å². The molecule has 0 aliphatic heterocycles. The summed E-state index contributed by atoms with van der Waals surface area (Å²) in [6, 6.07) is 7.70. The fourth-order valence-corrected chi connectivity index (χ4v) is 1.86. The lowest BCUT2D eigenvalue weighted by atomic mass is 9.98. The molecule has 0 fully saturated rings. The number of halogens is 4. The van der Waals surface area contributed by atoms with Crippen molar-refractivity contribution in [2.75, 3.05) is 0 Å². The molecule has 0 radical (unpaired) electrons. The third-order valence-corrected chi connectivity index (χ3v) is 2.75. The predicted molar refractivity (Wildman–Crippen MR) is 65.5 cm³/mol. The second-order valence-electron chi connectivity index (χ2n) is 4.06. The number of hydrogen-bond acceptors (Lipinski definition) is 2. The number of rotatable bonds is 4. The first kappa shape index (κ1) is 14.3. The first-order valence-electron chi connectivity index (χ1n) is 5.73. The van der Waals surface area contributed by atoms with Gasteiger partial charge in [0.2, 0.25) is 0 Å². The molecule has 106 valence electrons. The van der Waals surface area contributed by atoms with E-state index in [2.05, 4.69) is 4.74 Å². The van der Waals surface area contributed by atoms with Gasteiger partial charge in [0.1, 0.15) is 17.4 Å². The monoisotopic (exact) mass is 285 g/mol. The number of nitrogens with two attached hydrogens (primary N) is 1. The highest BCUT2D eigenvalue weighted by molar-refractivity contribution is 5.37. The summed E-state index contributed by atoms with van der Waals surface area (Å²) in [6.07, 6.45) is 0. The molecule has 2 rings (SSSR count). The maximum Gasteiger partial charge on any atom is 0.387 e. The predicted octanol–water partition coefficient (Wildman–Crippen LogP) is 3.61. The zero-order valence-corrected chi connectivity index (χ0v) is 10.2. The van der Waals surface area contributed by atoms with Crippen molar-refractivity contribution in [2.24, 2.45) is 5.73 Å². The molecule has 0 aliphatic carbocycles. The second kappa shape index (κ2) is 5.92. The van der Waals surface area contributed by atoms with Crippen LogP contribution in [-0.2, 0) is 0 Å². The van der Waals surface area contributed by atoms with E-state index in [-0.39, 0.29) is 16.9 Å².